The van der Waals surface area contributed by atoms with Crippen molar-refractivity contribution in [1.29, 1.82) is 0 Å². The minimum atomic E-state index is -1.61. The number of hydrogen-bond acceptors (Lipinski definition) is 2. The summed E-state index contributed by atoms with van der Waals surface area (Å²) >= 11 is 0. The van der Waals surface area contributed by atoms with Crippen molar-refractivity contribution in [3.8, 4) is 0 Å². The summed E-state index contributed by atoms with van der Waals surface area (Å²) in [5, 5.41) is 0. The van der Waals surface area contributed by atoms with Crippen molar-refractivity contribution in [3.63, 3.8) is 0 Å². The number of rotatable bonds is 2. The third-order valence-corrected chi connectivity index (χ3v) is 5.51. The molecule has 0 radical (unpaired) electrons. The molecule has 0 saturated carbocycles. The molecule has 0 amide bonds. The van der Waals surface area contributed by atoms with Crippen LogP contribution < -0.4 is 0 Å². The van der Waals surface area contributed by atoms with Gasteiger partial charge in [-0.25, -0.2) is 0 Å². The van der Waals surface area contributed by atoms with Gasteiger partial charge in [0, 0.05) is 8.07 Å². The summed E-state index contributed by atoms with van der Waals surface area (Å²) in [5.74, 6) is 0. The van der Waals surface area contributed by atoms with Crippen molar-refractivity contribution in [3.05, 3.63) is 0 Å². The summed E-state index contributed by atoms with van der Waals surface area (Å²) in [4.78, 5) is 8.66. The van der Waals surface area contributed by atoms with E-state index in [-0.39, 0.29) is 22.3 Å². The fraction of sp³-hybridized carbons (Fsp3) is 1.00. The van der Waals surface area contributed by atoms with Crippen LogP contribution in [0.3, 0.4) is 0 Å². The minimum absolute atomic E-state index is 0. The molecule has 0 heterocycles. The van der Waals surface area contributed by atoms with Gasteiger partial charge in [-0.1, -0.05) is 48.5 Å². The van der Waals surface area contributed by atoms with E-state index in [1.807, 2.05) is 19.6 Å². The maximum Gasteiger partial charge on any atom is 0.179 e. The van der Waals surface area contributed by atoms with Crippen LogP contribution in [0.25, 0.3) is 0 Å². The highest BCUT2D eigenvalue weighted by atomic mass is 28.4. The molecule has 0 atom stereocenters. The maximum atomic E-state index is 8.66. The smallest absolute Gasteiger partial charge is 0.179 e. The van der Waals surface area contributed by atoms with Crippen LogP contribution in [0.4, 0.5) is 0 Å². The molecular weight excluding hydrogens is 337 g/mol. The lowest BCUT2D eigenvalue weighted by Gasteiger charge is -2.27. The Bertz CT molecular complexity index is 182. The highest BCUT2D eigenvalue weighted by Gasteiger charge is 2.24. The average molecular weight is 389 g/mol. The van der Waals surface area contributed by atoms with Crippen molar-refractivity contribution in [2.45, 2.75) is 107 Å². The largest absolute Gasteiger partial charge is 0.456 e. The Kier molecular flexibility index (Phi) is 24.7. The van der Waals surface area contributed by atoms with Gasteiger partial charge in [0.2, 0.25) is 0 Å². The first-order valence-corrected chi connectivity index (χ1v) is 21.4. The zero-order chi connectivity index (χ0) is 16.7. The van der Waals surface area contributed by atoms with Crippen LogP contribution in [0, 0.1) is 0 Å². The molecule has 0 unspecified atom stereocenters. The molecule has 0 rings (SSSR count). The van der Waals surface area contributed by atoms with Gasteiger partial charge in [0.15, 0.2) is 25.0 Å². The van der Waals surface area contributed by atoms with Gasteiger partial charge < -0.3 is 8.91 Å². The molecule has 0 aromatic carbocycles. The van der Waals surface area contributed by atoms with E-state index in [0.29, 0.717) is 0 Å². The van der Waals surface area contributed by atoms with Crippen LogP contribution in [0.2, 0.25) is 85.1 Å². The Labute approximate surface area is 149 Å². The normalized spacial score (nSPS) is 11.2. The molecule has 0 aliphatic rings. The third kappa shape index (κ3) is 177. The second-order valence-corrected chi connectivity index (χ2v) is 29.1. The summed E-state index contributed by atoms with van der Waals surface area (Å²) in [6.07, 6.45) is 0. The van der Waals surface area contributed by atoms with Gasteiger partial charge in [-0.3, -0.25) is 0 Å². The average Bonchev–Trinajstić information content (AvgIpc) is 1.63. The van der Waals surface area contributed by atoms with E-state index >= 15 is 0 Å². The highest BCUT2D eigenvalue weighted by molar-refractivity contribution is 6.83. The van der Waals surface area contributed by atoms with Crippen molar-refractivity contribution in [1.82, 2.24) is 0 Å². The summed E-state index contributed by atoms with van der Waals surface area (Å²) in [6.45, 7) is 28.4. The predicted octanol–water partition coefficient (Wildman–Crippen LogP) is 7.35. The first-order chi connectivity index (χ1) is 7.71. The Morgan fingerprint density at radius 3 is 0.591 bits per heavy atom. The van der Waals surface area contributed by atoms with Gasteiger partial charge in [0.05, 0.1) is 0 Å². The van der Waals surface area contributed by atoms with Gasteiger partial charge in [0.25, 0.3) is 0 Å². The molecule has 0 fully saturated rings. The Morgan fingerprint density at radius 1 is 0.500 bits per heavy atom. The van der Waals surface area contributed by atoms with Crippen molar-refractivity contribution >= 4 is 33.0 Å². The van der Waals surface area contributed by atoms with Crippen LogP contribution in [0.15, 0.2) is 0 Å². The Balaban J connectivity index is -0.0000000434. The molecule has 0 aliphatic carbocycles. The molecule has 0 saturated heterocycles. The molecule has 0 aliphatic heterocycles. The van der Waals surface area contributed by atoms with E-state index in [9.17, 15) is 0 Å². The zero-order valence-corrected chi connectivity index (χ0v) is 19.9. The van der Waals surface area contributed by atoms with Crippen molar-refractivity contribution in [2.75, 3.05) is 0 Å². The molecule has 6 heteroatoms. The van der Waals surface area contributed by atoms with E-state index in [1.165, 1.54) is 0 Å². The van der Waals surface area contributed by atoms with Gasteiger partial charge in [-0.15, -0.1) is 0 Å². The summed E-state index contributed by atoms with van der Waals surface area (Å²) in [6, 6.07) is 0. The Morgan fingerprint density at radius 2 is 0.591 bits per heavy atom. The van der Waals surface area contributed by atoms with E-state index in [1.54, 1.807) is 0 Å². The maximum absolute atomic E-state index is 8.66. The van der Waals surface area contributed by atoms with Crippen molar-refractivity contribution in [2.24, 2.45) is 0 Å². The molecule has 0 bridgehead atoms. The van der Waals surface area contributed by atoms with Crippen molar-refractivity contribution < 1.29 is 8.91 Å². The SMILES string of the molecule is C.C.C.C[Si](C)(C)C.C[Si](C)(C)O.C[Si](C)(C)O[Si](C)(C)C. The van der Waals surface area contributed by atoms with Crippen LogP contribution in [-0.4, -0.2) is 37.8 Å². The van der Waals surface area contributed by atoms with Crippen LogP contribution >= 0.6 is 0 Å². The topological polar surface area (TPSA) is 29.5 Å². The molecule has 0 aromatic rings. The zero-order valence-electron chi connectivity index (χ0n) is 15.9. The summed E-state index contributed by atoms with van der Waals surface area (Å²) < 4.78 is 5.90. The fourth-order valence-corrected chi connectivity index (χ4v) is 8.27. The lowest BCUT2D eigenvalue weighted by atomic mass is 11.8. The molecule has 2 nitrogen and oxygen atoms in total. The second kappa shape index (κ2) is 14.2. The Hall–Kier alpha value is 0.788. The monoisotopic (exact) mass is 388 g/mol. The first kappa shape index (κ1) is 38.4. The molecule has 22 heavy (non-hydrogen) atoms. The highest BCUT2D eigenvalue weighted by Crippen LogP contribution is 2.12. The van der Waals surface area contributed by atoms with E-state index in [2.05, 4.69) is 65.5 Å². The van der Waals surface area contributed by atoms with E-state index in [0.717, 1.165) is 0 Å². The standard InChI is InChI=1S/C6H18OSi2.C4H12Si.C3H10OSi.3CH4/c1-8(2,3)7-9(4,5)6;2*1-5(2,3)4;;;/h1-6H3;1-4H3;4H,1-3H3;3*1H4. The molecule has 1 N–H and O–H groups in total. The van der Waals surface area contributed by atoms with E-state index in [4.69, 9.17) is 8.91 Å². The molecule has 0 aromatic heterocycles. The number of hydrogen-bond donors (Lipinski definition) is 1. The first-order valence-electron chi connectivity index (χ1n) is 7.13. The van der Waals surface area contributed by atoms with E-state index < -0.39 is 33.0 Å². The minimum Gasteiger partial charge on any atom is -0.456 e. The quantitative estimate of drug-likeness (QED) is 0.501. The summed E-state index contributed by atoms with van der Waals surface area (Å²) in [5.41, 5.74) is 0. The lowest BCUT2D eigenvalue weighted by Crippen LogP contribution is -2.39. The van der Waals surface area contributed by atoms with Crippen LogP contribution in [0.5, 0.6) is 0 Å². The molecule has 0 spiro atoms. The van der Waals surface area contributed by atoms with Gasteiger partial charge in [0.1, 0.15) is 0 Å². The third-order valence-electron chi connectivity index (χ3n) is 0.612. The second-order valence-electron chi connectivity index (χ2n) is 9.50. The van der Waals surface area contributed by atoms with Gasteiger partial charge >= 0.3 is 0 Å². The van der Waals surface area contributed by atoms with Gasteiger partial charge in [-0.05, 0) is 58.9 Å². The molecular formula is C16H52O2Si4. The van der Waals surface area contributed by atoms with Gasteiger partial charge in [-0.2, -0.15) is 0 Å². The molecule has 144 valence electrons. The fourth-order valence-electron chi connectivity index (χ4n) is 0.919. The summed E-state index contributed by atoms with van der Waals surface area (Å²) in [7, 11) is -4.68. The van der Waals surface area contributed by atoms with Crippen LogP contribution in [0.1, 0.15) is 22.3 Å². The lowest BCUT2D eigenvalue weighted by molar-refractivity contribution is 0.558. The predicted molar refractivity (Wildman–Crippen MR) is 123 cm³/mol. The van der Waals surface area contributed by atoms with Crippen LogP contribution in [-0.2, 0) is 4.12 Å².